The number of nitrogens with zero attached hydrogens (tertiary/aromatic N) is 1. The Kier molecular flexibility index (Phi) is 4.95. The first-order valence-corrected chi connectivity index (χ1v) is 6.01. The SMILES string of the molecule is COC(=O)[C@H]1CN(C(=O)OC(C)(C)C)CCCO1. The molecule has 1 saturated heterocycles. The van der Waals surface area contributed by atoms with Crippen molar-refractivity contribution in [2.24, 2.45) is 0 Å². The number of carbonyl (C=O) groups is 2. The lowest BCUT2D eigenvalue weighted by Gasteiger charge is -2.27. The quantitative estimate of drug-likeness (QED) is 0.662. The standard InChI is InChI=1S/C12H21NO5/c1-12(2,3)18-11(15)13-6-5-7-17-9(8-13)10(14)16-4/h9H,5-8H2,1-4H3/t9-/m1/s1. The van der Waals surface area contributed by atoms with Crippen molar-refractivity contribution in [1.82, 2.24) is 4.90 Å². The summed E-state index contributed by atoms with van der Waals surface area (Å²) in [6, 6.07) is 0. The van der Waals surface area contributed by atoms with Gasteiger partial charge in [0.25, 0.3) is 0 Å². The van der Waals surface area contributed by atoms with Crippen molar-refractivity contribution >= 4 is 12.1 Å². The summed E-state index contributed by atoms with van der Waals surface area (Å²) in [7, 11) is 1.30. The smallest absolute Gasteiger partial charge is 0.410 e. The molecule has 0 aromatic rings. The second-order valence-corrected chi connectivity index (χ2v) is 5.16. The van der Waals surface area contributed by atoms with Crippen LogP contribution in [0.2, 0.25) is 0 Å². The van der Waals surface area contributed by atoms with Gasteiger partial charge in [-0.25, -0.2) is 9.59 Å². The predicted octanol–water partition coefficient (Wildman–Crippen LogP) is 1.19. The van der Waals surface area contributed by atoms with Crippen LogP contribution in [0.4, 0.5) is 4.79 Å². The topological polar surface area (TPSA) is 65.1 Å². The van der Waals surface area contributed by atoms with E-state index in [1.165, 1.54) is 12.0 Å². The third kappa shape index (κ3) is 4.52. The van der Waals surface area contributed by atoms with Gasteiger partial charge in [0, 0.05) is 13.2 Å². The largest absolute Gasteiger partial charge is 0.467 e. The molecule has 104 valence electrons. The molecule has 0 aromatic carbocycles. The van der Waals surface area contributed by atoms with E-state index in [0.717, 1.165) is 0 Å². The molecule has 0 unspecified atom stereocenters. The molecule has 0 spiro atoms. The summed E-state index contributed by atoms with van der Waals surface area (Å²) >= 11 is 0. The van der Waals surface area contributed by atoms with Crippen LogP contribution in [0.25, 0.3) is 0 Å². The van der Waals surface area contributed by atoms with Crippen LogP contribution in [0.3, 0.4) is 0 Å². The normalized spacial score (nSPS) is 21.1. The van der Waals surface area contributed by atoms with E-state index in [1.807, 2.05) is 0 Å². The van der Waals surface area contributed by atoms with Crippen LogP contribution in [0.5, 0.6) is 0 Å². The molecule has 1 aliphatic rings. The molecule has 0 N–H and O–H groups in total. The van der Waals surface area contributed by atoms with Crippen molar-refractivity contribution in [3.05, 3.63) is 0 Å². The second kappa shape index (κ2) is 6.04. The molecule has 1 rings (SSSR count). The number of carbonyl (C=O) groups excluding carboxylic acids is 2. The van der Waals surface area contributed by atoms with Crippen LogP contribution in [-0.2, 0) is 19.0 Å². The predicted molar refractivity (Wildman–Crippen MR) is 64.2 cm³/mol. The molecule has 1 amide bonds. The first kappa shape index (κ1) is 14.8. The molecular formula is C12H21NO5. The van der Waals surface area contributed by atoms with Gasteiger partial charge in [-0.15, -0.1) is 0 Å². The molecule has 6 nitrogen and oxygen atoms in total. The van der Waals surface area contributed by atoms with E-state index in [1.54, 1.807) is 20.8 Å². The maximum atomic E-state index is 11.9. The van der Waals surface area contributed by atoms with Crippen LogP contribution >= 0.6 is 0 Å². The summed E-state index contributed by atoms with van der Waals surface area (Å²) in [5.74, 6) is -0.467. The van der Waals surface area contributed by atoms with E-state index >= 15 is 0 Å². The Bertz CT molecular complexity index is 310. The van der Waals surface area contributed by atoms with Crippen LogP contribution in [-0.4, -0.2) is 55.5 Å². The first-order valence-electron chi connectivity index (χ1n) is 6.01. The Morgan fingerprint density at radius 3 is 2.56 bits per heavy atom. The number of ether oxygens (including phenoxy) is 3. The lowest BCUT2D eigenvalue weighted by atomic mass is 10.2. The molecule has 18 heavy (non-hydrogen) atoms. The van der Waals surface area contributed by atoms with Crippen molar-refractivity contribution in [1.29, 1.82) is 0 Å². The summed E-state index contributed by atoms with van der Waals surface area (Å²) in [6.07, 6.45) is -0.487. The average molecular weight is 259 g/mol. The molecule has 1 aliphatic heterocycles. The maximum Gasteiger partial charge on any atom is 0.410 e. The second-order valence-electron chi connectivity index (χ2n) is 5.16. The van der Waals surface area contributed by atoms with Crippen LogP contribution in [0, 0.1) is 0 Å². The first-order chi connectivity index (χ1) is 8.33. The highest BCUT2D eigenvalue weighted by Gasteiger charge is 2.30. The summed E-state index contributed by atoms with van der Waals surface area (Å²) in [4.78, 5) is 24.9. The van der Waals surface area contributed by atoms with Crippen molar-refractivity contribution in [2.75, 3.05) is 26.8 Å². The fraction of sp³-hybridized carbons (Fsp3) is 0.833. The lowest BCUT2D eigenvalue weighted by molar-refractivity contribution is -0.153. The van der Waals surface area contributed by atoms with Gasteiger partial charge < -0.3 is 19.1 Å². The molecule has 1 fully saturated rings. The minimum atomic E-state index is -0.731. The van der Waals surface area contributed by atoms with Gasteiger partial charge in [-0.3, -0.25) is 0 Å². The zero-order valence-electron chi connectivity index (χ0n) is 11.4. The molecule has 6 heteroatoms. The van der Waals surface area contributed by atoms with Gasteiger partial charge in [0.05, 0.1) is 13.7 Å². The third-order valence-electron chi connectivity index (χ3n) is 2.39. The van der Waals surface area contributed by atoms with E-state index < -0.39 is 23.8 Å². The highest BCUT2D eigenvalue weighted by atomic mass is 16.6. The Hall–Kier alpha value is -1.30. The van der Waals surface area contributed by atoms with E-state index in [9.17, 15) is 9.59 Å². The van der Waals surface area contributed by atoms with Gasteiger partial charge in [0.2, 0.25) is 0 Å². The van der Waals surface area contributed by atoms with Crippen LogP contribution in [0.15, 0.2) is 0 Å². The molecule has 0 saturated carbocycles. The summed E-state index contributed by atoms with van der Waals surface area (Å²) in [6.45, 7) is 6.52. The van der Waals surface area contributed by atoms with Crippen molar-refractivity contribution < 1.29 is 23.8 Å². The number of esters is 1. The number of methoxy groups -OCH3 is 1. The number of rotatable bonds is 1. The molecule has 0 bridgehead atoms. The fourth-order valence-corrected chi connectivity index (χ4v) is 1.59. The summed E-state index contributed by atoms with van der Waals surface area (Å²) < 4.78 is 15.2. The van der Waals surface area contributed by atoms with Crippen LogP contribution < -0.4 is 0 Å². The van der Waals surface area contributed by atoms with E-state index in [2.05, 4.69) is 4.74 Å². The average Bonchev–Trinajstić information content (AvgIpc) is 2.51. The molecule has 1 heterocycles. The molecule has 0 radical (unpaired) electrons. The molecule has 1 atom stereocenters. The van der Waals surface area contributed by atoms with Gasteiger partial charge in [-0.05, 0) is 27.2 Å². The lowest BCUT2D eigenvalue weighted by Crippen LogP contribution is -2.43. The van der Waals surface area contributed by atoms with E-state index in [4.69, 9.17) is 9.47 Å². The molecule has 0 aliphatic carbocycles. The Morgan fingerprint density at radius 2 is 2.00 bits per heavy atom. The van der Waals surface area contributed by atoms with Crippen LogP contribution in [0.1, 0.15) is 27.2 Å². The van der Waals surface area contributed by atoms with Crippen molar-refractivity contribution in [3.63, 3.8) is 0 Å². The Labute approximate surface area is 107 Å². The van der Waals surface area contributed by atoms with Crippen molar-refractivity contribution in [2.45, 2.75) is 38.9 Å². The van der Waals surface area contributed by atoms with E-state index in [-0.39, 0.29) is 6.54 Å². The Balaban J connectivity index is 2.64. The van der Waals surface area contributed by atoms with Gasteiger partial charge in [-0.1, -0.05) is 0 Å². The maximum absolute atomic E-state index is 11.9. The highest BCUT2D eigenvalue weighted by molar-refractivity contribution is 5.76. The van der Waals surface area contributed by atoms with Gasteiger partial charge in [0.1, 0.15) is 5.60 Å². The highest BCUT2D eigenvalue weighted by Crippen LogP contribution is 2.13. The van der Waals surface area contributed by atoms with Gasteiger partial charge >= 0.3 is 12.1 Å². The Morgan fingerprint density at radius 1 is 1.33 bits per heavy atom. The minimum Gasteiger partial charge on any atom is -0.467 e. The zero-order valence-corrected chi connectivity index (χ0v) is 11.4. The summed E-state index contributed by atoms with van der Waals surface area (Å²) in [5.41, 5.74) is -0.551. The monoisotopic (exact) mass is 259 g/mol. The van der Waals surface area contributed by atoms with E-state index in [0.29, 0.717) is 19.6 Å². The summed E-state index contributed by atoms with van der Waals surface area (Å²) in [5, 5.41) is 0. The number of hydrogen-bond donors (Lipinski definition) is 0. The third-order valence-corrected chi connectivity index (χ3v) is 2.39. The zero-order chi connectivity index (χ0) is 13.8. The number of amides is 1. The molecular weight excluding hydrogens is 238 g/mol. The number of hydrogen-bond acceptors (Lipinski definition) is 5. The van der Waals surface area contributed by atoms with Gasteiger partial charge in [-0.2, -0.15) is 0 Å². The van der Waals surface area contributed by atoms with Crippen molar-refractivity contribution in [3.8, 4) is 0 Å². The fourth-order valence-electron chi connectivity index (χ4n) is 1.59. The van der Waals surface area contributed by atoms with Gasteiger partial charge in [0.15, 0.2) is 6.10 Å². The molecule has 0 aromatic heterocycles. The minimum absolute atomic E-state index is 0.168.